The first-order valence-corrected chi connectivity index (χ1v) is 8.80. The van der Waals surface area contributed by atoms with Crippen LogP contribution in [0.15, 0.2) is 24.3 Å². The first kappa shape index (κ1) is 16.0. The predicted octanol–water partition coefficient (Wildman–Crippen LogP) is 4.14. The van der Waals surface area contributed by atoms with E-state index in [1.54, 1.807) is 7.11 Å². The molecule has 0 unspecified atom stereocenters. The number of benzene rings is 1. The van der Waals surface area contributed by atoms with Gasteiger partial charge in [-0.05, 0) is 50.8 Å². The molecule has 2 aromatic rings. The van der Waals surface area contributed by atoms with Gasteiger partial charge in [-0.25, -0.2) is 4.98 Å². The van der Waals surface area contributed by atoms with Crippen molar-refractivity contribution in [2.75, 3.05) is 13.7 Å². The molecule has 0 bridgehead atoms. The highest BCUT2D eigenvalue weighted by molar-refractivity contribution is 7.13. The molecule has 1 saturated heterocycles. The van der Waals surface area contributed by atoms with Crippen molar-refractivity contribution in [1.29, 1.82) is 0 Å². The van der Waals surface area contributed by atoms with E-state index in [2.05, 4.69) is 11.1 Å². The Morgan fingerprint density at radius 1 is 1.35 bits per heavy atom. The van der Waals surface area contributed by atoms with Crippen molar-refractivity contribution in [2.45, 2.75) is 39.2 Å². The van der Waals surface area contributed by atoms with Crippen LogP contribution in [0.25, 0.3) is 0 Å². The molecule has 0 N–H and O–H groups in total. The zero-order valence-corrected chi connectivity index (χ0v) is 14.7. The maximum Gasteiger partial charge on any atom is 0.266 e. The Morgan fingerprint density at radius 2 is 2.17 bits per heavy atom. The minimum Gasteiger partial charge on any atom is -0.497 e. The molecule has 0 radical (unpaired) electrons. The molecule has 1 aliphatic rings. The van der Waals surface area contributed by atoms with Gasteiger partial charge in [0.05, 0.1) is 23.9 Å². The monoisotopic (exact) mass is 330 g/mol. The molecule has 5 heteroatoms. The van der Waals surface area contributed by atoms with Crippen LogP contribution in [-0.4, -0.2) is 29.4 Å². The second-order valence-electron chi connectivity index (χ2n) is 5.93. The van der Waals surface area contributed by atoms with Crippen LogP contribution in [0.5, 0.6) is 5.75 Å². The maximum absolute atomic E-state index is 13.0. The second kappa shape index (κ2) is 6.71. The largest absolute Gasteiger partial charge is 0.497 e. The number of nitrogens with zero attached hydrogens (tertiary/aromatic N) is 2. The van der Waals surface area contributed by atoms with Crippen molar-refractivity contribution in [2.24, 2.45) is 0 Å². The van der Waals surface area contributed by atoms with E-state index >= 15 is 0 Å². The fourth-order valence-electron chi connectivity index (χ4n) is 3.23. The van der Waals surface area contributed by atoms with Crippen LogP contribution >= 0.6 is 11.3 Å². The molecule has 1 amide bonds. The van der Waals surface area contributed by atoms with Crippen molar-refractivity contribution in [3.63, 3.8) is 0 Å². The molecule has 0 aliphatic carbocycles. The lowest BCUT2D eigenvalue weighted by Crippen LogP contribution is -2.38. The van der Waals surface area contributed by atoms with E-state index in [0.717, 1.165) is 52.7 Å². The van der Waals surface area contributed by atoms with E-state index in [4.69, 9.17) is 4.74 Å². The number of methoxy groups -OCH3 is 1. The highest BCUT2D eigenvalue weighted by Gasteiger charge is 2.30. The molecule has 1 fully saturated rings. The van der Waals surface area contributed by atoms with Crippen LogP contribution in [0.3, 0.4) is 0 Å². The molecular formula is C18H22N2O2S. The summed E-state index contributed by atoms with van der Waals surface area (Å²) in [5.74, 6) is 0.950. The predicted molar refractivity (Wildman–Crippen MR) is 92.2 cm³/mol. The smallest absolute Gasteiger partial charge is 0.266 e. The number of ether oxygens (including phenoxy) is 1. The summed E-state index contributed by atoms with van der Waals surface area (Å²) in [7, 11) is 1.67. The van der Waals surface area contributed by atoms with Gasteiger partial charge in [-0.1, -0.05) is 12.1 Å². The van der Waals surface area contributed by atoms with Crippen molar-refractivity contribution >= 4 is 17.2 Å². The van der Waals surface area contributed by atoms with Gasteiger partial charge in [0, 0.05) is 6.54 Å². The number of carbonyl (C=O) groups is 1. The Hall–Kier alpha value is -1.88. The van der Waals surface area contributed by atoms with E-state index in [0.29, 0.717) is 0 Å². The number of likely N-dealkylation sites (tertiary alicyclic amines) is 1. The number of amides is 1. The lowest BCUT2D eigenvalue weighted by Gasteiger charge is -2.36. The first-order valence-electron chi connectivity index (χ1n) is 7.99. The zero-order valence-electron chi connectivity index (χ0n) is 13.8. The van der Waals surface area contributed by atoms with Crippen LogP contribution in [0.4, 0.5) is 0 Å². The van der Waals surface area contributed by atoms with E-state index in [-0.39, 0.29) is 11.9 Å². The van der Waals surface area contributed by atoms with Crippen LogP contribution in [0.2, 0.25) is 0 Å². The van der Waals surface area contributed by atoms with E-state index in [9.17, 15) is 4.79 Å². The summed E-state index contributed by atoms with van der Waals surface area (Å²) in [6.45, 7) is 4.67. The van der Waals surface area contributed by atoms with Crippen molar-refractivity contribution in [1.82, 2.24) is 9.88 Å². The number of hydrogen-bond acceptors (Lipinski definition) is 4. The molecule has 1 atom stereocenters. The minimum atomic E-state index is 0.112. The standard InChI is InChI=1S/C18H22N2O2S/c1-12-17(23-13(2)19-12)18(21)20-10-5-4-9-16(20)14-7-6-8-15(11-14)22-3/h6-8,11,16H,4-5,9-10H2,1-3H3/t16-/m1/s1. The summed E-state index contributed by atoms with van der Waals surface area (Å²) in [4.78, 5) is 20.2. The summed E-state index contributed by atoms with van der Waals surface area (Å²) >= 11 is 1.49. The summed E-state index contributed by atoms with van der Waals surface area (Å²) in [6, 6.07) is 8.18. The Balaban J connectivity index is 1.92. The highest BCUT2D eigenvalue weighted by Crippen LogP contribution is 2.34. The minimum absolute atomic E-state index is 0.112. The van der Waals surface area contributed by atoms with Gasteiger partial charge in [0.1, 0.15) is 10.6 Å². The third-order valence-electron chi connectivity index (χ3n) is 4.34. The highest BCUT2D eigenvalue weighted by atomic mass is 32.1. The molecule has 122 valence electrons. The number of thiazole rings is 1. The molecule has 1 aromatic carbocycles. The summed E-state index contributed by atoms with van der Waals surface area (Å²) in [5, 5.41) is 0.945. The SMILES string of the molecule is COc1cccc([C@H]2CCCCN2C(=O)c2sc(C)nc2C)c1. The van der Waals surface area contributed by atoms with E-state index < -0.39 is 0 Å². The number of hydrogen-bond donors (Lipinski definition) is 0. The van der Waals surface area contributed by atoms with Crippen molar-refractivity contribution in [3.8, 4) is 5.75 Å². The Kier molecular flexibility index (Phi) is 4.66. The Bertz CT molecular complexity index is 711. The topological polar surface area (TPSA) is 42.4 Å². The third kappa shape index (κ3) is 3.24. The van der Waals surface area contributed by atoms with Crippen LogP contribution in [-0.2, 0) is 0 Å². The van der Waals surface area contributed by atoms with Crippen LogP contribution in [0, 0.1) is 13.8 Å². The average Bonchev–Trinajstić information content (AvgIpc) is 2.92. The lowest BCUT2D eigenvalue weighted by atomic mass is 9.94. The van der Waals surface area contributed by atoms with Gasteiger partial charge in [0.15, 0.2) is 0 Å². The summed E-state index contributed by atoms with van der Waals surface area (Å²) < 4.78 is 5.34. The third-order valence-corrected chi connectivity index (χ3v) is 5.40. The molecule has 4 nitrogen and oxygen atoms in total. The number of rotatable bonds is 3. The number of carbonyl (C=O) groups excluding carboxylic acids is 1. The molecule has 0 saturated carbocycles. The molecular weight excluding hydrogens is 308 g/mol. The van der Waals surface area contributed by atoms with Gasteiger partial charge in [-0.3, -0.25) is 4.79 Å². The van der Waals surface area contributed by atoms with Gasteiger partial charge in [-0.2, -0.15) is 0 Å². The zero-order chi connectivity index (χ0) is 16.4. The van der Waals surface area contributed by atoms with Gasteiger partial charge in [-0.15, -0.1) is 11.3 Å². The molecule has 1 aliphatic heterocycles. The number of piperidine rings is 1. The normalized spacial score (nSPS) is 18.0. The van der Waals surface area contributed by atoms with Crippen LogP contribution in [0.1, 0.15) is 51.2 Å². The number of aryl methyl sites for hydroxylation is 2. The summed E-state index contributed by atoms with van der Waals surface area (Å²) in [5.41, 5.74) is 1.99. The molecule has 0 spiro atoms. The molecule has 23 heavy (non-hydrogen) atoms. The van der Waals surface area contributed by atoms with Crippen LogP contribution < -0.4 is 4.74 Å². The van der Waals surface area contributed by atoms with Gasteiger partial charge in [0.25, 0.3) is 5.91 Å². The maximum atomic E-state index is 13.0. The second-order valence-corrected chi connectivity index (χ2v) is 7.14. The summed E-state index contributed by atoms with van der Waals surface area (Å²) in [6.07, 6.45) is 3.20. The number of aromatic nitrogens is 1. The fourth-order valence-corrected chi connectivity index (χ4v) is 4.11. The molecule has 2 heterocycles. The Morgan fingerprint density at radius 3 is 2.87 bits per heavy atom. The van der Waals surface area contributed by atoms with Crippen molar-refractivity contribution in [3.05, 3.63) is 45.4 Å². The fraction of sp³-hybridized carbons (Fsp3) is 0.444. The van der Waals surface area contributed by atoms with Gasteiger partial charge in [0.2, 0.25) is 0 Å². The van der Waals surface area contributed by atoms with E-state index in [1.807, 2.05) is 36.9 Å². The average molecular weight is 330 g/mol. The first-order chi connectivity index (χ1) is 11.1. The molecule has 1 aromatic heterocycles. The quantitative estimate of drug-likeness (QED) is 0.849. The van der Waals surface area contributed by atoms with Crippen molar-refractivity contribution < 1.29 is 9.53 Å². The van der Waals surface area contributed by atoms with Gasteiger partial charge >= 0.3 is 0 Å². The Labute approximate surface area is 141 Å². The van der Waals surface area contributed by atoms with Gasteiger partial charge < -0.3 is 9.64 Å². The van der Waals surface area contributed by atoms with E-state index in [1.165, 1.54) is 11.3 Å². The molecule has 3 rings (SSSR count). The lowest BCUT2D eigenvalue weighted by molar-refractivity contribution is 0.0615.